The van der Waals surface area contributed by atoms with Gasteiger partial charge < -0.3 is 9.80 Å². The smallest absolute Gasteiger partial charge is 0.213 e. The molecule has 1 aromatic carbocycles. The molecule has 0 spiro atoms. The van der Waals surface area contributed by atoms with Crippen LogP contribution in [0, 0.1) is 0 Å². The van der Waals surface area contributed by atoms with Crippen LogP contribution in [-0.4, -0.2) is 49.0 Å². The zero-order chi connectivity index (χ0) is 12.8. The topological polar surface area (TPSA) is 56.9 Å². The molecule has 18 heavy (non-hydrogen) atoms. The summed E-state index contributed by atoms with van der Waals surface area (Å²) in [7, 11) is 2.15. The lowest BCUT2D eigenvalue weighted by atomic mass is 10.3. The van der Waals surface area contributed by atoms with Crippen LogP contribution in [-0.2, 0) is 0 Å². The molecule has 0 aromatic heterocycles. The van der Waals surface area contributed by atoms with E-state index in [0.717, 1.165) is 44.2 Å². The molecule has 2 rings (SSSR count). The van der Waals surface area contributed by atoms with Gasteiger partial charge in [-0.25, -0.2) is 10.8 Å². The van der Waals surface area contributed by atoms with Crippen LogP contribution >= 0.6 is 0 Å². The lowest BCUT2D eigenvalue weighted by Crippen LogP contribution is -2.46. The van der Waals surface area contributed by atoms with Gasteiger partial charge in [-0.3, -0.25) is 5.43 Å². The highest BCUT2D eigenvalue weighted by molar-refractivity contribution is 5.82. The number of nitrogens with two attached hydrogens (primary N) is 1. The maximum atomic E-state index is 5.60. The van der Waals surface area contributed by atoms with Gasteiger partial charge in [-0.1, -0.05) is 18.2 Å². The van der Waals surface area contributed by atoms with E-state index in [1.807, 2.05) is 30.3 Å². The molecular formula is C13H21N5. The standard InChI is InChI=1S/C13H21N5/c1-17-8-5-9-18(11-10-17)13(16-14)15-12-6-3-2-4-7-12/h2-4,6-7H,5,8-11,14H2,1H3,(H,15,16). The predicted octanol–water partition coefficient (Wildman–Crippen LogP) is 0.775. The molecule has 1 aliphatic rings. The van der Waals surface area contributed by atoms with Crippen LogP contribution in [0.1, 0.15) is 6.42 Å². The number of guanidine groups is 1. The molecule has 1 aromatic rings. The fourth-order valence-corrected chi connectivity index (χ4v) is 2.08. The Morgan fingerprint density at radius 2 is 1.94 bits per heavy atom. The minimum Gasteiger partial charge on any atom is -0.340 e. The first-order valence-corrected chi connectivity index (χ1v) is 6.33. The Kier molecular flexibility index (Phi) is 4.55. The summed E-state index contributed by atoms with van der Waals surface area (Å²) < 4.78 is 0. The number of hydrogen-bond acceptors (Lipinski definition) is 3. The van der Waals surface area contributed by atoms with E-state index in [-0.39, 0.29) is 0 Å². The summed E-state index contributed by atoms with van der Waals surface area (Å²) in [4.78, 5) is 9.09. The molecular weight excluding hydrogens is 226 g/mol. The van der Waals surface area contributed by atoms with Gasteiger partial charge in [0.25, 0.3) is 0 Å². The number of aliphatic imine (C=N–C) groups is 1. The van der Waals surface area contributed by atoms with Crippen LogP contribution in [0.5, 0.6) is 0 Å². The highest BCUT2D eigenvalue weighted by Gasteiger charge is 2.15. The first kappa shape index (κ1) is 12.9. The van der Waals surface area contributed by atoms with Gasteiger partial charge in [-0.2, -0.15) is 0 Å². The van der Waals surface area contributed by atoms with Gasteiger partial charge in [0.15, 0.2) is 0 Å². The Hall–Kier alpha value is -1.59. The zero-order valence-electron chi connectivity index (χ0n) is 10.8. The Morgan fingerprint density at radius 1 is 1.17 bits per heavy atom. The minimum absolute atomic E-state index is 0.747. The van der Waals surface area contributed by atoms with Gasteiger partial charge in [0.05, 0.1) is 5.69 Å². The van der Waals surface area contributed by atoms with Crippen molar-refractivity contribution < 1.29 is 0 Å². The molecule has 0 amide bonds. The van der Waals surface area contributed by atoms with E-state index in [0.29, 0.717) is 0 Å². The molecule has 1 aliphatic heterocycles. The first-order valence-electron chi connectivity index (χ1n) is 6.33. The predicted molar refractivity (Wildman–Crippen MR) is 74.5 cm³/mol. The van der Waals surface area contributed by atoms with Crippen molar-refractivity contribution in [1.82, 2.24) is 15.2 Å². The molecule has 5 nitrogen and oxygen atoms in total. The molecule has 0 saturated carbocycles. The SMILES string of the molecule is CN1CCCN(C(=Nc2ccccc2)NN)CC1. The maximum absolute atomic E-state index is 5.60. The number of nitrogens with one attached hydrogen (secondary N) is 1. The number of hydrogen-bond donors (Lipinski definition) is 2. The Labute approximate surface area is 108 Å². The second-order valence-corrected chi connectivity index (χ2v) is 4.56. The van der Waals surface area contributed by atoms with E-state index in [1.165, 1.54) is 0 Å². The maximum Gasteiger partial charge on any atom is 0.213 e. The van der Waals surface area contributed by atoms with Gasteiger partial charge in [0, 0.05) is 19.6 Å². The number of para-hydroxylation sites is 1. The molecule has 1 fully saturated rings. The van der Waals surface area contributed by atoms with E-state index in [1.54, 1.807) is 0 Å². The van der Waals surface area contributed by atoms with Gasteiger partial charge >= 0.3 is 0 Å². The van der Waals surface area contributed by atoms with Crippen LogP contribution < -0.4 is 11.3 Å². The van der Waals surface area contributed by atoms with Crippen molar-refractivity contribution >= 4 is 11.6 Å². The van der Waals surface area contributed by atoms with Gasteiger partial charge in [-0.15, -0.1) is 0 Å². The third kappa shape index (κ3) is 3.45. The largest absolute Gasteiger partial charge is 0.340 e. The Bertz CT molecular complexity index is 390. The molecule has 5 heteroatoms. The summed E-state index contributed by atoms with van der Waals surface area (Å²) in [5.74, 6) is 6.35. The van der Waals surface area contributed by atoms with Crippen molar-refractivity contribution in [1.29, 1.82) is 0 Å². The van der Waals surface area contributed by atoms with Crippen molar-refractivity contribution in [2.75, 3.05) is 33.2 Å². The van der Waals surface area contributed by atoms with Crippen LogP contribution in [0.3, 0.4) is 0 Å². The average molecular weight is 247 g/mol. The average Bonchev–Trinajstić information content (AvgIpc) is 2.62. The number of likely N-dealkylation sites (N-methyl/N-ethyl adjacent to an activating group) is 1. The fourth-order valence-electron chi connectivity index (χ4n) is 2.08. The van der Waals surface area contributed by atoms with Crippen LogP contribution in [0.4, 0.5) is 5.69 Å². The third-order valence-electron chi connectivity index (χ3n) is 3.14. The monoisotopic (exact) mass is 247 g/mol. The van der Waals surface area contributed by atoms with Gasteiger partial charge in [0.2, 0.25) is 5.96 Å². The summed E-state index contributed by atoms with van der Waals surface area (Å²) in [5, 5.41) is 0. The fraction of sp³-hybridized carbons (Fsp3) is 0.462. The normalized spacial score (nSPS) is 18.6. The molecule has 3 N–H and O–H groups in total. The van der Waals surface area contributed by atoms with E-state index >= 15 is 0 Å². The lowest BCUT2D eigenvalue weighted by Gasteiger charge is -2.23. The van der Waals surface area contributed by atoms with Crippen molar-refractivity contribution in [2.45, 2.75) is 6.42 Å². The van der Waals surface area contributed by atoms with Crippen molar-refractivity contribution in [3.05, 3.63) is 30.3 Å². The number of hydrazine groups is 1. The van der Waals surface area contributed by atoms with E-state index in [4.69, 9.17) is 5.84 Å². The summed E-state index contributed by atoms with van der Waals surface area (Å²) in [5.41, 5.74) is 3.64. The summed E-state index contributed by atoms with van der Waals surface area (Å²) in [6.07, 6.45) is 1.13. The van der Waals surface area contributed by atoms with Crippen molar-refractivity contribution in [3.63, 3.8) is 0 Å². The number of benzene rings is 1. The number of nitrogens with zero attached hydrogens (tertiary/aromatic N) is 3. The second-order valence-electron chi connectivity index (χ2n) is 4.56. The molecule has 0 radical (unpaired) electrons. The van der Waals surface area contributed by atoms with Crippen molar-refractivity contribution in [3.8, 4) is 0 Å². The molecule has 0 atom stereocenters. The van der Waals surface area contributed by atoms with Gasteiger partial charge in [0.1, 0.15) is 0 Å². The highest BCUT2D eigenvalue weighted by atomic mass is 15.4. The summed E-state index contributed by atoms with van der Waals surface area (Å²) >= 11 is 0. The third-order valence-corrected chi connectivity index (χ3v) is 3.14. The lowest BCUT2D eigenvalue weighted by molar-refractivity contribution is 0.344. The van der Waals surface area contributed by atoms with Gasteiger partial charge in [-0.05, 0) is 32.1 Å². The van der Waals surface area contributed by atoms with E-state index in [9.17, 15) is 0 Å². The molecule has 1 saturated heterocycles. The van der Waals surface area contributed by atoms with Crippen LogP contribution in [0.25, 0.3) is 0 Å². The Balaban J connectivity index is 2.10. The Morgan fingerprint density at radius 3 is 2.67 bits per heavy atom. The highest BCUT2D eigenvalue weighted by Crippen LogP contribution is 2.11. The molecule has 98 valence electrons. The zero-order valence-corrected chi connectivity index (χ0v) is 10.8. The first-order chi connectivity index (χ1) is 8.79. The van der Waals surface area contributed by atoms with Crippen molar-refractivity contribution in [2.24, 2.45) is 10.8 Å². The quantitative estimate of drug-likeness (QED) is 0.333. The number of rotatable bonds is 1. The molecule has 0 bridgehead atoms. The molecule has 1 heterocycles. The van der Waals surface area contributed by atoms with Crippen LogP contribution in [0.2, 0.25) is 0 Å². The molecule has 0 unspecified atom stereocenters. The van der Waals surface area contributed by atoms with Crippen LogP contribution in [0.15, 0.2) is 35.3 Å². The minimum atomic E-state index is 0.747. The summed E-state index contributed by atoms with van der Waals surface area (Å²) in [6.45, 7) is 4.10. The summed E-state index contributed by atoms with van der Waals surface area (Å²) in [6, 6.07) is 9.88. The van der Waals surface area contributed by atoms with E-state index in [2.05, 4.69) is 27.3 Å². The second kappa shape index (κ2) is 6.37. The molecule has 0 aliphatic carbocycles. The van der Waals surface area contributed by atoms with E-state index < -0.39 is 0 Å².